The number of rotatable bonds is 9. The van der Waals surface area contributed by atoms with Crippen molar-refractivity contribution >= 4 is 11.9 Å². The molecule has 1 aliphatic heterocycles. The highest BCUT2D eigenvalue weighted by Crippen LogP contribution is 2.27. The Hall–Kier alpha value is -2.08. The molecule has 0 aromatic heterocycles. The second-order valence-corrected chi connectivity index (χ2v) is 9.19. The predicted molar refractivity (Wildman–Crippen MR) is 128 cm³/mol. The average Bonchev–Trinajstić information content (AvgIpc) is 3.46. The summed E-state index contributed by atoms with van der Waals surface area (Å²) in [6.45, 7) is 8.61. The van der Waals surface area contributed by atoms with Gasteiger partial charge in [0.25, 0.3) is 0 Å². The molecule has 1 aromatic rings. The zero-order valence-electron chi connectivity index (χ0n) is 19.6. The van der Waals surface area contributed by atoms with Crippen LogP contribution in [0, 0.1) is 5.92 Å². The number of amides is 1. The lowest BCUT2D eigenvalue weighted by atomic mass is 10.1. The lowest BCUT2D eigenvalue weighted by Crippen LogP contribution is -2.45. The molecule has 1 amide bonds. The van der Waals surface area contributed by atoms with E-state index in [1.165, 1.54) is 18.4 Å². The summed E-state index contributed by atoms with van der Waals surface area (Å²) in [4.78, 5) is 22.0. The van der Waals surface area contributed by atoms with E-state index >= 15 is 0 Å². The maximum Gasteiger partial charge on any atom is 0.225 e. The van der Waals surface area contributed by atoms with Crippen LogP contribution >= 0.6 is 0 Å². The predicted octanol–water partition coefficient (Wildman–Crippen LogP) is 3.24. The topological polar surface area (TPSA) is 60.0 Å². The van der Waals surface area contributed by atoms with Crippen molar-refractivity contribution in [3.05, 3.63) is 35.9 Å². The third kappa shape index (κ3) is 7.23. The molecule has 172 valence electrons. The van der Waals surface area contributed by atoms with Gasteiger partial charge in [0.2, 0.25) is 5.91 Å². The summed E-state index contributed by atoms with van der Waals surface area (Å²) in [7, 11) is 2.18. The maximum atomic E-state index is 12.7. The molecule has 1 aromatic carbocycles. The Kier molecular flexibility index (Phi) is 9.19. The molecular formula is C25H41N5O. The average molecular weight is 428 g/mol. The highest BCUT2D eigenvalue weighted by Gasteiger charge is 2.32. The Morgan fingerprint density at radius 1 is 1.23 bits per heavy atom. The van der Waals surface area contributed by atoms with Crippen LogP contribution in [-0.2, 0) is 11.3 Å². The fraction of sp³-hybridized carbons (Fsp3) is 0.680. The van der Waals surface area contributed by atoms with Crippen LogP contribution in [0.15, 0.2) is 35.3 Å². The van der Waals surface area contributed by atoms with E-state index < -0.39 is 0 Å². The Morgan fingerprint density at radius 2 is 1.97 bits per heavy atom. The molecule has 6 heteroatoms. The minimum Gasteiger partial charge on any atom is -0.357 e. The molecule has 2 N–H and O–H groups in total. The summed E-state index contributed by atoms with van der Waals surface area (Å²) in [5, 5.41) is 6.94. The van der Waals surface area contributed by atoms with Gasteiger partial charge in [-0.05, 0) is 52.1 Å². The van der Waals surface area contributed by atoms with E-state index in [9.17, 15) is 4.79 Å². The highest BCUT2D eigenvalue weighted by atomic mass is 16.2. The van der Waals surface area contributed by atoms with Crippen molar-refractivity contribution in [2.75, 3.05) is 33.2 Å². The molecule has 1 saturated carbocycles. The fourth-order valence-electron chi connectivity index (χ4n) is 4.63. The second kappa shape index (κ2) is 12.1. The van der Waals surface area contributed by atoms with Gasteiger partial charge in [0.1, 0.15) is 0 Å². The Bertz CT molecular complexity index is 701. The van der Waals surface area contributed by atoms with Gasteiger partial charge >= 0.3 is 0 Å². The SMILES string of the molecule is CCNC(=NCCC(C)N(C)Cc1ccccc1)NC1CCN(C(=O)C2CCCC2)C1. The van der Waals surface area contributed by atoms with Gasteiger partial charge in [0, 0.05) is 50.7 Å². The van der Waals surface area contributed by atoms with Crippen LogP contribution in [0.25, 0.3) is 0 Å². The van der Waals surface area contributed by atoms with Gasteiger partial charge in [-0.15, -0.1) is 0 Å². The lowest BCUT2D eigenvalue weighted by molar-refractivity contribution is -0.134. The van der Waals surface area contributed by atoms with Gasteiger partial charge in [0.05, 0.1) is 0 Å². The minimum atomic E-state index is 0.273. The second-order valence-electron chi connectivity index (χ2n) is 9.19. The van der Waals surface area contributed by atoms with Gasteiger partial charge in [-0.25, -0.2) is 0 Å². The van der Waals surface area contributed by atoms with E-state index in [2.05, 4.69) is 71.7 Å². The van der Waals surface area contributed by atoms with E-state index in [-0.39, 0.29) is 5.92 Å². The van der Waals surface area contributed by atoms with E-state index in [0.717, 1.165) is 64.4 Å². The van der Waals surface area contributed by atoms with E-state index in [1.54, 1.807) is 0 Å². The van der Waals surface area contributed by atoms with Crippen LogP contribution in [0.3, 0.4) is 0 Å². The first-order valence-corrected chi connectivity index (χ1v) is 12.1. The van der Waals surface area contributed by atoms with Gasteiger partial charge < -0.3 is 15.5 Å². The molecule has 6 nitrogen and oxygen atoms in total. The van der Waals surface area contributed by atoms with E-state index in [0.29, 0.717) is 18.0 Å². The number of carbonyl (C=O) groups excluding carboxylic acids is 1. The standard InChI is InChI=1S/C25H41N5O/c1-4-26-25(27-16-14-20(2)29(3)18-21-10-6-5-7-11-21)28-23-15-17-30(19-23)24(31)22-12-8-9-13-22/h5-7,10-11,20,22-23H,4,8-9,12-19H2,1-3H3,(H2,26,27,28). The number of nitrogens with zero attached hydrogens (tertiary/aromatic N) is 3. The molecule has 3 rings (SSSR count). The fourth-order valence-corrected chi connectivity index (χ4v) is 4.63. The Balaban J connectivity index is 1.43. The third-order valence-corrected chi connectivity index (χ3v) is 6.73. The largest absolute Gasteiger partial charge is 0.357 e. The monoisotopic (exact) mass is 427 g/mol. The first kappa shape index (κ1) is 23.6. The van der Waals surface area contributed by atoms with Crippen LogP contribution < -0.4 is 10.6 Å². The summed E-state index contributed by atoms with van der Waals surface area (Å²) in [6, 6.07) is 11.4. The molecule has 2 unspecified atom stereocenters. The van der Waals surface area contributed by atoms with Crippen molar-refractivity contribution < 1.29 is 4.79 Å². The molecule has 2 atom stereocenters. The maximum absolute atomic E-state index is 12.7. The number of hydrogen-bond acceptors (Lipinski definition) is 3. The molecule has 0 spiro atoms. The number of aliphatic imine (C=N–C) groups is 1. The van der Waals surface area contributed by atoms with E-state index in [1.807, 2.05) is 0 Å². The van der Waals surface area contributed by atoms with Crippen LogP contribution in [0.5, 0.6) is 0 Å². The van der Waals surface area contributed by atoms with Crippen LogP contribution in [0.4, 0.5) is 0 Å². The highest BCUT2D eigenvalue weighted by molar-refractivity contribution is 5.81. The van der Waals surface area contributed by atoms with Crippen molar-refractivity contribution in [3.63, 3.8) is 0 Å². The van der Waals surface area contributed by atoms with Gasteiger partial charge in [-0.1, -0.05) is 43.2 Å². The molecule has 31 heavy (non-hydrogen) atoms. The zero-order chi connectivity index (χ0) is 22.1. The van der Waals surface area contributed by atoms with Crippen LogP contribution in [-0.4, -0.2) is 67.0 Å². The van der Waals surface area contributed by atoms with Gasteiger partial charge in [-0.2, -0.15) is 0 Å². The van der Waals surface area contributed by atoms with Crippen molar-refractivity contribution in [2.45, 2.75) is 71.0 Å². The molecule has 2 aliphatic rings. The molecule has 1 heterocycles. The first-order valence-electron chi connectivity index (χ1n) is 12.1. The van der Waals surface area contributed by atoms with Gasteiger partial charge in [0.15, 0.2) is 5.96 Å². The number of likely N-dealkylation sites (tertiary alicyclic amines) is 1. The van der Waals surface area contributed by atoms with Gasteiger partial charge in [-0.3, -0.25) is 14.7 Å². The summed E-state index contributed by atoms with van der Waals surface area (Å²) in [5.41, 5.74) is 1.34. The van der Waals surface area contributed by atoms with Crippen molar-refractivity contribution in [1.29, 1.82) is 0 Å². The molecular weight excluding hydrogens is 386 g/mol. The minimum absolute atomic E-state index is 0.273. The van der Waals surface area contributed by atoms with Crippen molar-refractivity contribution in [3.8, 4) is 0 Å². The molecule has 2 fully saturated rings. The Labute approximate surface area is 188 Å². The normalized spacial score (nSPS) is 21.0. The van der Waals surface area contributed by atoms with Crippen molar-refractivity contribution in [1.82, 2.24) is 20.4 Å². The lowest BCUT2D eigenvalue weighted by Gasteiger charge is -2.24. The van der Waals surface area contributed by atoms with E-state index in [4.69, 9.17) is 4.99 Å². The molecule has 1 aliphatic carbocycles. The smallest absolute Gasteiger partial charge is 0.225 e. The summed E-state index contributed by atoms with van der Waals surface area (Å²) in [6.07, 6.45) is 6.59. The zero-order valence-corrected chi connectivity index (χ0v) is 19.6. The number of carbonyl (C=O) groups is 1. The number of hydrogen-bond donors (Lipinski definition) is 2. The molecule has 0 bridgehead atoms. The number of guanidine groups is 1. The van der Waals surface area contributed by atoms with Crippen molar-refractivity contribution in [2.24, 2.45) is 10.9 Å². The molecule has 0 radical (unpaired) electrons. The first-order chi connectivity index (χ1) is 15.1. The third-order valence-electron chi connectivity index (χ3n) is 6.73. The summed E-state index contributed by atoms with van der Waals surface area (Å²) in [5.74, 6) is 1.52. The van der Waals surface area contributed by atoms with Crippen LogP contribution in [0.2, 0.25) is 0 Å². The Morgan fingerprint density at radius 3 is 2.68 bits per heavy atom. The number of nitrogens with one attached hydrogen (secondary N) is 2. The quantitative estimate of drug-likeness (QED) is 0.469. The molecule has 1 saturated heterocycles. The summed E-state index contributed by atoms with van der Waals surface area (Å²) >= 11 is 0. The number of benzene rings is 1. The van der Waals surface area contributed by atoms with Crippen LogP contribution in [0.1, 0.15) is 57.9 Å². The summed E-state index contributed by atoms with van der Waals surface area (Å²) < 4.78 is 0.